The maximum absolute atomic E-state index is 12.8. The van der Waals surface area contributed by atoms with E-state index in [1.54, 1.807) is 12.4 Å². The molecule has 1 fully saturated rings. The molecule has 0 aliphatic carbocycles. The van der Waals surface area contributed by atoms with Crippen LogP contribution in [0.5, 0.6) is 0 Å². The van der Waals surface area contributed by atoms with Gasteiger partial charge in [-0.25, -0.2) is 0 Å². The molecule has 3 aromatic rings. The summed E-state index contributed by atoms with van der Waals surface area (Å²) in [4.78, 5) is 24.6. The Kier molecular flexibility index (Phi) is 5.83. The highest BCUT2D eigenvalue weighted by Gasteiger charge is 2.22. The molecule has 4 rings (SSSR count). The SMILES string of the molecule is O=C(c1ccc(-c2cccnc2)[nH]1)N1CCN(CCCc2ccccc2)CC1. The largest absolute Gasteiger partial charge is 0.350 e. The van der Waals surface area contributed by atoms with Gasteiger partial charge in [0.25, 0.3) is 5.91 Å². The van der Waals surface area contributed by atoms with Gasteiger partial charge in [-0.05, 0) is 49.2 Å². The number of hydrogen-bond acceptors (Lipinski definition) is 3. The third-order valence-electron chi connectivity index (χ3n) is 5.33. The van der Waals surface area contributed by atoms with E-state index in [2.05, 4.69) is 45.2 Å². The first-order valence-corrected chi connectivity index (χ1v) is 9.94. The van der Waals surface area contributed by atoms with Gasteiger partial charge < -0.3 is 9.88 Å². The van der Waals surface area contributed by atoms with Crippen molar-refractivity contribution >= 4 is 5.91 Å². The predicted octanol–water partition coefficient (Wildman–Crippen LogP) is 3.47. The number of rotatable bonds is 6. The molecule has 144 valence electrons. The number of hydrogen-bond donors (Lipinski definition) is 1. The summed E-state index contributed by atoms with van der Waals surface area (Å²) < 4.78 is 0. The zero-order chi connectivity index (χ0) is 19.2. The monoisotopic (exact) mass is 374 g/mol. The van der Waals surface area contributed by atoms with E-state index in [1.165, 1.54) is 5.56 Å². The summed E-state index contributed by atoms with van der Waals surface area (Å²) >= 11 is 0. The second-order valence-corrected chi connectivity index (χ2v) is 7.25. The molecular formula is C23H26N4O. The zero-order valence-corrected chi connectivity index (χ0v) is 16.1. The summed E-state index contributed by atoms with van der Waals surface area (Å²) in [7, 11) is 0. The van der Waals surface area contributed by atoms with Gasteiger partial charge in [0.05, 0.1) is 0 Å². The summed E-state index contributed by atoms with van der Waals surface area (Å²) in [5.41, 5.74) is 3.96. The molecule has 0 saturated carbocycles. The van der Waals surface area contributed by atoms with E-state index in [0.717, 1.165) is 56.8 Å². The molecule has 1 aliphatic rings. The van der Waals surface area contributed by atoms with Crippen molar-refractivity contribution in [2.75, 3.05) is 32.7 Å². The fourth-order valence-corrected chi connectivity index (χ4v) is 3.71. The average Bonchev–Trinajstić information content (AvgIpc) is 3.25. The van der Waals surface area contributed by atoms with Crippen LogP contribution in [0.4, 0.5) is 0 Å². The molecule has 28 heavy (non-hydrogen) atoms. The first kappa shape index (κ1) is 18.4. The Morgan fingerprint density at radius 1 is 0.964 bits per heavy atom. The lowest BCUT2D eigenvalue weighted by Crippen LogP contribution is -2.49. The topological polar surface area (TPSA) is 52.2 Å². The smallest absolute Gasteiger partial charge is 0.270 e. The summed E-state index contributed by atoms with van der Waals surface area (Å²) in [5, 5.41) is 0. The first-order valence-electron chi connectivity index (χ1n) is 9.94. The number of benzene rings is 1. The van der Waals surface area contributed by atoms with Crippen molar-refractivity contribution in [3.8, 4) is 11.3 Å². The van der Waals surface area contributed by atoms with E-state index in [4.69, 9.17) is 0 Å². The Morgan fingerprint density at radius 3 is 2.54 bits per heavy atom. The molecule has 5 nitrogen and oxygen atoms in total. The highest BCUT2D eigenvalue weighted by molar-refractivity contribution is 5.93. The van der Waals surface area contributed by atoms with Crippen LogP contribution in [0.3, 0.4) is 0 Å². The predicted molar refractivity (Wildman–Crippen MR) is 111 cm³/mol. The lowest BCUT2D eigenvalue weighted by molar-refractivity contribution is 0.0631. The van der Waals surface area contributed by atoms with Crippen LogP contribution in [0.15, 0.2) is 67.0 Å². The van der Waals surface area contributed by atoms with Crippen molar-refractivity contribution in [3.63, 3.8) is 0 Å². The van der Waals surface area contributed by atoms with Gasteiger partial charge >= 0.3 is 0 Å². The number of nitrogens with zero attached hydrogens (tertiary/aromatic N) is 3. The van der Waals surface area contributed by atoms with Gasteiger partial charge in [0.2, 0.25) is 0 Å². The van der Waals surface area contributed by atoms with E-state index in [-0.39, 0.29) is 5.91 Å². The molecule has 0 atom stereocenters. The van der Waals surface area contributed by atoms with Crippen molar-refractivity contribution in [1.29, 1.82) is 0 Å². The number of aryl methyl sites for hydroxylation is 1. The van der Waals surface area contributed by atoms with Crippen molar-refractivity contribution in [2.24, 2.45) is 0 Å². The highest BCUT2D eigenvalue weighted by Crippen LogP contribution is 2.18. The van der Waals surface area contributed by atoms with E-state index in [9.17, 15) is 4.79 Å². The third-order valence-corrected chi connectivity index (χ3v) is 5.33. The standard InChI is InChI=1S/C23H26N4O/c28-23(22-11-10-21(25-22)20-9-4-12-24-18-20)27-16-14-26(15-17-27)13-5-8-19-6-2-1-3-7-19/h1-4,6-7,9-12,18,25H,5,8,13-17H2. The average molecular weight is 374 g/mol. The fourth-order valence-electron chi connectivity index (χ4n) is 3.71. The summed E-state index contributed by atoms with van der Waals surface area (Å²) in [6.07, 6.45) is 5.81. The molecule has 1 aliphatic heterocycles. The Bertz CT molecular complexity index is 883. The van der Waals surface area contributed by atoms with E-state index >= 15 is 0 Å². The van der Waals surface area contributed by atoms with Crippen LogP contribution in [0, 0.1) is 0 Å². The van der Waals surface area contributed by atoms with Gasteiger partial charge in [0, 0.05) is 49.8 Å². The Labute approximate surface area is 166 Å². The normalized spacial score (nSPS) is 14.9. The molecule has 1 amide bonds. The van der Waals surface area contributed by atoms with Crippen LogP contribution in [0.1, 0.15) is 22.5 Å². The summed E-state index contributed by atoms with van der Waals surface area (Å²) in [5.74, 6) is 0.0825. The van der Waals surface area contributed by atoms with E-state index < -0.39 is 0 Å². The maximum Gasteiger partial charge on any atom is 0.270 e. The summed E-state index contributed by atoms with van der Waals surface area (Å²) in [6, 6.07) is 18.3. The maximum atomic E-state index is 12.8. The fraction of sp³-hybridized carbons (Fsp3) is 0.304. The number of carbonyl (C=O) groups excluding carboxylic acids is 1. The minimum Gasteiger partial charge on any atom is -0.350 e. The van der Waals surface area contributed by atoms with Gasteiger partial charge in [-0.2, -0.15) is 0 Å². The number of piperazine rings is 1. The molecular weight excluding hydrogens is 348 g/mol. The number of pyridine rings is 1. The van der Waals surface area contributed by atoms with Gasteiger partial charge in [-0.15, -0.1) is 0 Å². The van der Waals surface area contributed by atoms with E-state index in [1.807, 2.05) is 29.2 Å². The zero-order valence-electron chi connectivity index (χ0n) is 16.1. The van der Waals surface area contributed by atoms with Crippen LogP contribution in [0.2, 0.25) is 0 Å². The van der Waals surface area contributed by atoms with E-state index in [0.29, 0.717) is 5.69 Å². The lowest BCUT2D eigenvalue weighted by Gasteiger charge is -2.34. The minimum absolute atomic E-state index is 0.0825. The Hall–Kier alpha value is -2.92. The molecule has 0 unspecified atom stereocenters. The molecule has 0 bridgehead atoms. The molecule has 0 spiro atoms. The number of nitrogens with one attached hydrogen (secondary N) is 1. The van der Waals surface area contributed by atoms with Gasteiger partial charge in [0.15, 0.2) is 0 Å². The Balaban J connectivity index is 1.26. The second-order valence-electron chi connectivity index (χ2n) is 7.25. The Morgan fingerprint density at radius 2 is 1.79 bits per heavy atom. The molecule has 3 heterocycles. The van der Waals surface area contributed by atoms with Crippen molar-refractivity contribution in [1.82, 2.24) is 19.8 Å². The number of H-pyrrole nitrogens is 1. The van der Waals surface area contributed by atoms with Crippen LogP contribution < -0.4 is 0 Å². The number of carbonyl (C=O) groups is 1. The quantitative estimate of drug-likeness (QED) is 0.719. The van der Waals surface area contributed by atoms with Crippen molar-refractivity contribution in [3.05, 3.63) is 78.2 Å². The van der Waals surface area contributed by atoms with Crippen molar-refractivity contribution in [2.45, 2.75) is 12.8 Å². The molecule has 0 radical (unpaired) electrons. The number of aromatic nitrogens is 2. The minimum atomic E-state index is 0.0825. The molecule has 1 saturated heterocycles. The van der Waals surface area contributed by atoms with Gasteiger partial charge in [-0.3, -0.25) is 14.7 Å². The second kappa shape index (κ2) is 8.85. The highest BCUT2D eigenvalue weighted by atomic mass is 16.2. The van der Waals surface area contributed by atoms with Crippen LogP contribution in [-0.4, -0.2) is 58.4 Å². The lowest BCUT2D eigenvalue weighted by atomic mass is 10.1. The van der Waals surface area contributed by atoms with Gasteiger partial charge in [-0.1, -0.05) is 30.3 Å². The van der Waals surface area contributed by atoms with Crippen LogP contribution in [-0.2, 0) is 6.42 Å². The number of amides is 1. The first-order chi connectivity index (χ1) is 13.8. The third kappa shape index (κ3) is 4.49. The van der Waals surface area contributed by atoms with Gasteiger partial charge in [0.1, 0.15) is 5.69 Å². The molecule has 1 aromatic carbocycles. The molecule has 2 aromatic heterocycles. The molecule has 5 heteroatoms. The number of aromatic amines is 1. The summed E-state index contributed by atoms with van der Waals surface area (Å²) in [6.45, 7) is 4.54. The van der Waals surface area contributed by atoms with Crippen molar-refractivity contribution < 1.29 is 4.79 Å². The van der Waals surface area contributed by atoms with Crippen LogP contribution in [0.25, 0.3) is 11.3 Å². The molecule has 1 N–H and O–H groups in total. The van der Waals surface area contributed by atoms with Crippen LogP contribution >= 0.6 is 0 Å².